The largest absolute Gasteiger partial charge is 0.311 e. The van der Waals surface area contributed by atoms with E-state index in [1.165, 1.54) is 17.9 Å². The monoisotopic (exact) mass is 315 g/mol. The van der Waals surface area contributed by atoms with Gasteiger partial charge < -0.3 is 4.90 Å². The van der Waals surface area contributed by atoms with Crippen molar-refractivity contribution < 1.29 is 9.72 Å². The lowest BCUT2D eigenvalue weighted by Gasteiger charge is -2.21. The second kappa shape index (κ2) is 6.87. The molecular formula is C16H17N3O4. The smallest absolute Gasteiger partial charge is 0.286 e. The van der Waals surface area contributed by atoms with Gasteiger partial charge in [0.1, 0.15) is 6.54 Å². The minimum atomic E-state index is -0.581. The molecule has 1 amide bonds. The van der Waals surface area contributed by atoms with Crippen LogP contribution in [0, 0.1) is 17.0 Å². The number of hydrogen-bond acceptors (Lipinski definition) is 4. The Morgan fingerprint density at radius 2 is 1.96 bits per heavy atom. The van der Waals surface area contributed by atoms with Crippen LogP contribution < -0.4 is 10.5 Å². The average molecular weight is 315 g/mol. The van der Waals surface area contributed by atoms with Crippen molar-refractivity contribution >= 4 is 17.3 Å². The summed E-state index contributed by atoms with van der Waals surface area (Å²) in [5, 5.41) is 10.9. The van der Waals surface area contributed by atoms with Gasteiger partial charge in [-0.3, -0.25) is 24.3 Å². The maximum absolute atomic E-state index is 12.5. The van der Waals surface area contributed by atoms with Crippen molar-refractivity contribution in [1.82, 2.24) is 4.57 Å². The Labute approximate surface area is 132 Å². The molecule has 0 bridgehead atoms. The van der Waals surface area contributed by atoms with Gasteiger partial charge in [0.2, 0.25) is 5.91 Å². The van der Waals surface area contributed by atoms with Crippen LogP contribution in [0.2, 0.25) is 0 Å². The molecule has 2 aromatic rings. The van der Waals surface area contributed by atoms with Gasteiger partial charge in [0.25, 0.3) is 11.2 Å². The average Bonchev–Trinajstić information content (AvgIpc) is 2.53. The van der Waals surface area contributed by atoms with Gasteiger partial charge in [0, 0.05) is 23.9 Å². The molecule has 1 aromatic carbocycles. The number of carbonyl (C=O) groups excluding carboxylic acids is 1. The van der Waals surface area contributed by atoms with Gasteiger partial charge in [0.05, 0.1) is 11.1 Å². The van der Waals surface area contributed by atoms with Crippen LogP contribution in [0.3, 0.4) is 0 Å². The summed E-state index contributed by atoms with van der Waals surface area (Å²) in [6.45, 7) is 3.51. The second-order valence-electron chi connectivity index (χ2n) is 5.05. The minimum Gasteiger partial charge on any atom is -0.311 e. The first kappa shape index (κ1) is 16.4. The molecule has 0 unspecified atom stereocenters. The van der Waals surface area contributed by atoms with E-state index in [9.17, 15) is 19.7 Å². The van der Waals surface area contributed by atoms with Crippen LogP contribution in [-0.2, 0) is 11.3 Å². The zero-order chi connectivity index (χ0) is 17.0. The minimum absolute atomic E-state index is 0.211. The number of para-hydroxylation sites is 1. The van der Waals surface area contributed by atoms with Crippen molar-refractivity contribution in [2.45, 2.75) is 20.4 Å². The summed E-state index contributed by atoms with van der Waals surface area (Å²) < 4.78 is 1.08. The SMILES string of the molecule is CCN(C(=O)Cn1cc([N+](=O)[O-])cc(C)c1=O)c1ccccc1. The fraction of sp³-hybridized carbons (Fsp3) is 0.250. The first-order chi connectivity index (χ1) is 10.9. The van der Waals surface area contributed by atoms with Crippen molar-refractivity contribution in [2.75, 3.05) is 11.4 Å². The summed E-state index contributed by atoms with van der Waals surface area (Å²) in [7, 11) is 0. The first-order valence-electron chi connectivity index (χ1n) is 7.15. The molecule has 0 atom stereocenters. The fourth-order valence-corrected chi connectivity index (χ4v) is 2.32. The molecule has 120 valence electrons. The molecular weight excluding hydrogens is 298 g/mol. The van der Waals surface area contributed by atoms with Gasteiger partial charge in [-0.15, -0.1) is 0 Å². The predicted molar refractivity (Wildman–Crippen MR) is 86.6 cm³/mol. The van der Waals surface area contributed by atoms with Crippen LogP contribution >= 0.6 is 0 Å². The molecule has 0 aliphatic rings. The van der Waals surface area contributed by atoms with Crippen molar-refractivity contribution in [2.24, 2.45) is 0 Å². The molecule has 0 aliphatic carbocycles. The lowest BCUT2D eigenvalue weighted by Crippen LogP contribution is -2.36. The Morgan fingerprint density at radius 3 is 2.52 bits per heavy atom. The molecule has 0 saturated heterocycles. The third kappa shape index (κ3) is 3.63. The predicted octanol–water partition coefficient (Wildman–Crippen LogP) is 2.12. The van der Waals surface area contributed by atoms with Gasteiger partial charge in [-0.05, 0) is 26.0 Å². The normalized spacial score (nSPS) is 10.3. The topological polar surface area (TPSA) is 85.4 Å². The quantitative estimate of drug-likeness (QED) is 0.625. The van der Waals surface area contributed by atoms with E-state index in [-0.39, 0.29) is 23.7 Å². The Hall–Kier alpha value is -2.96. The summed E-state index contributed by atoms with van der Waals surface area (Å²) in [5.41, 5.74) is 0.329. The molecule has 7 heteroatoms. The van der Waals surface area contributed by atoms with Crippen LogP contribution in [0.15, 0.2) is 47.4 Å². The Bertz CT molecular complexity index is 784. The third-order valence-corrected chi connectivity index (χ3v) is 3.45. The van der Waals surface area contributed by atoms with Crippen molar-refractivity contribution in [3.05, 3.63) is 68.6 Å². The highest BCUT2D eigenvalue weighted by Crippen LogP contribution is 2.14. The highest BCUT2D eigenvalue weighted by atomic mass is 16.6. The zero-order valence-electron chi connectivity index (χ0n) is 12.9. The summed E-state index contributed by atoms with van der Waals surface area (Å²) in [6, 6.07) is 10.3. The Balaban J connectivity index is 2.32. The van der Waals surface area contributed by atoms with Crippen LogP contribution in [0.5, 0.6) is 0 Å². The molecule has 0 saturated carbocycles. The summed E-state index contributed by atoms with van der Waals surface area (Å²) in [6.07, 6.45) is 1.10. The Morgan fingerprint density at radius 1 is 1.30 bits per heavy atom. The summed E-state index contributed by atoms with van der Waals surface area (Å²) in [4.78, 5) is 36.4. The van der Waals surface area contributed by atoms with E-state index >= 15 is 0 Å². The van der Waals surface area contributed by atoms with Crippen LogP contribution in [0.4, 0.5) is 11.4 Å². The number of pyridine rings is 1. The number of rotatable bonds is 5. The molecule has 2 rings (SSSR count). The number of aryl methyl sites for hydroxylation is 1. The van der Waals surface area contributed by atoms with Gasteiger partial charge in [-0.25, -0.2) is 0 Å². The number of likely N-dealkylation sites (N-methyl/N-ethyl adjacent to an activating group) is 1. The number of nitrogens with zero attached hydrogens (tertiary/aromatic N) is 3. The van der Waals surface area contributed by atoms with E-state index in [4.69, 9.17) is 0 Å². The molecule has 0 aliphatic heterocycles. The van der Waals surface area contributed by atoms with Crippen LogP contribution in [-0.4, -0.2) is 21.9 Å². The maximum atomic E-state index is 12.5. The molecule has 0 radical (unpaired) electrons. The highest BCUT2D eigenvalue weighted by Gasteiger charge is 2.17. The number of carbonyl (C=O) groups is 1. The molecule has 0 spiro atoms. The highest BCUT2D eigenvalue weighted by molar-refractivity contribution is 5.93. The van der Waals surface area contributed by atoms with E-state index in [1.54, 1.807) is 12.1 Å². The van der Waals surface area contributed by atoms with Gasteiger partial charge in [0.15, 0.2) is 0 Å². The van der Waals surface area contributed by atoms with Gasteiger partial charge in [-0.2, -0.15) is 0 Å². The molecule has 23 heavy (non-hydrogen) atoms. The molecule has 0 fully saturated rings. The first-order valence-corrected chi connectivity index (χ1v) is 7.15. The van der Waals surface area contributed by atoms with Crippen LogP contribution in [0.1, 0.15) is 12.5 Å². The van der Waals surface area contributed by atoms with Crippen molar-refractivity contribution in [3.8, 4) is 0 Å². The van der Waals surface area contributed by atoms with Crippen LogP contribution in [0.25, 0.3) is 0 Å². The summed E-state index contributed by atoms with van der Waals surface area (Å²) in [5.74, 6) is -0.305. The molecule has 1 aromatic heterocycles. The van der Waals surface area contributed by atoms with E-state index in [0.29, 0.717) is 6.54 Å². The third-order valence-electron chi connectivity index (χ3n) is 3.45. The van der Waals surface area contributed by atoms with E-state index in [2.05, 4.69) is 0 Å². The number of aromatic nitrogens is 1. The number of amides is 1. The number of benzene rings is 1. The van der Waals surface area contributed by atoms with Gasteiger partial charge in [-0.1, -0.05) is 18.2 Å². The lowest BCUT2D eigenvalue weighted by molar-refractivity contribution is -0.385. The second-order valence-corrected chi connectivity index (χ2v) is 5.05. The van der Waals surface area contributed by atoms with E-state index in [0.717, 1.165) is 16.5 Å². The number of hydrogen-bond donors (Lipinski definition) is 0. The molecule has 0 N–H and O–H groups in total. The van der Waals surface area contributed by atoms with Gasteiger partial charge >= 0.3 is 0 Å². The number of nitro groups is 1. The maximum Gasteiger partial charge on any atom is 0.286 e. The summed E-state index contributed by atoms with van der Waals surface area (Å²) >= 11 is 0. The van der Waals surface area contributed by atoms with E-state index < -0.39 is 10.5 Å². The molecule has 7 nitrogen and oxygen atoms in total. The Kier molecular flexibility index (Phi) is 4.90. The van der Waals surface area contributed by atoms with E-state index in [1.807, 2.05) is 25.1 Å². The fourth-order valence-electron chi connectivity index (χ4n) is 2.32. The lowest BCUT2D eigenvalue weighted by atomic mass is 10.2. The number of anilines is 1. The van der Waals surface area contributed by atoms with Crippen molar-refractivity contribution in [1.29, 1.82) is 0 Å². The van der Waals surface area contributed by atoms with Crippen molar-refractivity contribution in [3.63, 3.8) is 0 Å². The zero-order valence-corrected chi connectivity index (χ0v) is 12.9. The molecule has 1 heterocycles. The standard InChI is InChI=1S/C16H17N3O4/c1-3-18(13-7-5-4-6-8-13)15(20)11-17-10-14(19(22)23)9-12(2)16(17)21/h4-10H,3,11H2,1-2H3.